The van der Waals surface area contributed by atoms with E-state index in [0.29, 0.717) is 5.92 Å². The van der Waals surface area contributed by atoms with E-state index in [4.69, 9.17) is 6.42 Å². The molecule has 0 aromatic heterocycles. The predicted molar refractivity (Wildman–Crippen MR) is 34.0 cm³/mol. The van der Waals surface area contributed by atoms with Crippen LogP contribution in [0.4, 0.5) is 0 Å². The monoisotopic (exact) mass is 105 g/mol. The molecule has 1 aliphatic rings. The van der Waals surface area contributed by atoms with E-state index in [0.717, 1.165) is 19.3 Å². The summed E-state index contributed by atoms with van der Waals surface area (Å²) in [5.41, 5.74) is 0. The van der Waals surface area contributed by atoms with Gasteiger partial charge in [0.15, 0.2) is 0 Å². The minimum Gasteiger partial charge on any atom is -0.120 e. The Hall–Kier alpha value is -0.700. The van der Waals surface area contributed by atoms with Crippen molar-refractivity contribution < 1.29 is 0 Å². The molecule has 0 aromatic carbocycles. The van der Waals surface area contributed by atoms with Gasteiger partial charge in [-0.1, -0.05) is 6.08 Å². The highest BCUT2D eigenvalue weighted by atomic mass is 14.1. The molecule has 0 nitrogen and oxygen atoms in total. The van der Waals surface area contributed by atoms with Gasteiger partial charge in [-0.25, -0.2) is 0 Å². The van der Waals surface area contributed by atoms with E-state index >= 15 is 0 Å². The maximum Gasteiger partial charge on any atom is 0.0238 e. The Labute approximate surface area is 50.6 Å². The zero-order chi connectivity index (χ0) is 5.82. The van der Waals surface area contributed by atoms with Crippen molar-refractivity contribution >= 4 is 0 Å². The molecule has 1 atom stereocenters. The molecule has 0 N–H and O–H groups in total. The van der Waals surface area contributed by atoms with Crippen molar-refractivity contribution in [3.63, 3.8) is 0 Å². The van der Waals surface area contributed by atoms with Crippen LogP contribution in [0.3, 0.4) is 0 Å². The largest absolute Gasteiger partial charge is 0.120 e. The minimum absolute atomic E-state index is 0.497. The summed E-state index contributed by atoms with van der Waals surface area (Å²) < 4.78 is 0. The molecule has 0 bridgehead atoms. The van der Waals surface area contributed by atoms with Gasteiger partial charge in [-0.2, -0.15) is 0 Å². The van der Waals surface area contributed by atoms with Crippen LogP contribution in [-0.2, 0) is 0 Å². The van der Waals surface area contributed by atoms with Gasteiger partial charge in [0.1, 0.15) is 0 Å². The molecule has 0 aliphatic heterocycles. The second-order valence-electron chi connectivity index (χ2n) is 2.05. The molecule has 0 spiro atoms. The molecule has 0 fully saturated rings. The zero-order valence-electron chi connectivity index (χ0n) is 4.85. The lowest BCUT2D eigenvalue weighted by Crippen LogP contribution is -1.97. The molecule has 0 aromatic rings. The van der Waals surface area contributed by atoms with E-state index in [1.54, 1.807) is 0 Å². The summed E-state index contributed by atoms with van der Waals surface area (Å²) in [5.74, 6) is 3.23. The summed E-state index contributed by atoms with van der Waals surface area (Å²) in [7, 11) is 0. The van der Waals surface area contributed by atoms with Gasteiger partial charge >= 0.3 is 0 Å². The lowest BCUT2D eigenvalue weighted by atomic mass is 9.96. The molecule has 1 radical (unpaired) electrons. The first-order valence-corrected chi connectivity index (χ1v) is 2.94. The van der Waals surface area contributed by atoms with Crippen molar-refractivity contribution in [1.29, 1.82) is 0 Å². The Morgan fingerprint density at radius 1 is 1.75 bits per heavy atom. The molecule has 0 amide bonds. The zero-order valence-corrected chi connectivity index (χ0v) is 4.85. The van der Waals surface area contributed by atoms with Crippen molar-refractivity contribution in [3.8, 4) is 12.3 Å². The normalized spacial score (nSPS) is 27.1. The van der Waals surface area contributed by atoms with Crippen LogP contribution in [0.15, 0.2) is 6.08 Å². The molecule has 0 heterocycles. The second kappa shape index (κ2) is 2.57. The van der Waals surface area contributed by atoms with Crippen LogP contribution in [0.25, 0.3) is 0 Å². The van der Waals surface area contributed by atoms with Gasteiger partial charge in [-0.3, -0.25) is 0 Å². The molecular formula is C8H9. The van der Waals surface area contributed by atoms with Crippen LogP contribution in [0.5, 0.6) is 0 Å². The molecule has 1 unspecified atom stereocenters. The van der Waals surface area contributed by atoms with E-state index in [-0.39, 0.29) is 0 Å². The maximum absolute atomic E-state index is 5.21. The van der Waals surface area contributed by atoms with Crippen molar-refractivity contribution in [1.82, 2.24) is 0 Å². The Kier molecular flexibility index (Phi) is 1.75. The summed E-state index contributed by atoms with van der Waals surface area (Å²) >= 11 is 0. The average Bonchev–Trinajstić information content (AvgIpc) is 1.90. The first kappa shape index (κ1) is 5.44. The van der Waals surface area contributed by atoms with Crippen molar-refractivity contribution in [2.75, 3.05) is 0 Å². The van der Waals surface area contributed by atoms with Gasteiger partial charge in [0.2, 0.25) is 0 Å². The summed E-state index contributed by atoms with van der Waals surface area (Å²) in [5, 5.41) is 0. The molecule has 0 saturated heterocycles. The van der Waals surface area contributed by atoms with E-state index in [1.807, 2.05) is 6.08 Å². The van der Waals surface area contributed by atoms with Crippen LogP contribution in [0.2, 0.25) is 0 Å². The van der Waals surface area contributed by atoms with Crippen LogP contribution >= 0.6 is 0 Å². The lowest BCUT2D eigenvalue weighted by molar-refractivity contribution is 0.595. The third-order valence-electron chi connectivity index (χ3n) is 1.42. The van der Waals surface area contributed by atoms with E-state index < -0.39 is 0 Å². The van der Waals surface area contributed by atoms with E-state index in [9.17, 15) is 0 Å². The summed E-state index contributed by atoms with van der Waals surface area (Å²) in [4.78, 5) is 0. The van der Waals surface area contributed by atoms with Gasteiger partial charge in [-0.15, -0.1) is 12.3 Å². The quantitative estimate of drug-likeness (QED) is 0.412. The topological polar surface area (TPSA) is 0 Å². The number of hydrogen-bond acceptors (Lipinski definition) is 0. The predicted octanol–water partition coefficient (Wildman–Crippen LogP) is 1.78. The van der Waals surface area contributed by atoms with Crippen LogP contribution in [0.1, 0.15) is 19.3 Å². The third-order valence-corrected chi connectivity index (χ3v) is 1.42. The fraction of sp³-hybridized carbons (Fsp3) is 0.500. The van der Waals surface area contributed by atoms with Crippen molar-refractivity contribution in [2.24, 2.45) is 5.92 Å². The molecule has 41 valence electrons. The Morgan fingerprint density at radius 2 is 2.62 bits per heavy atom. The Bertz CT molecular complexity index is 125. The van der Waals surface area contributed by atoms with Crippen molar-refractivity contribution in [3.05, 3.63) is 12.2 Å². The van der Waals surface area contributed by atoms with Gasteiger partial charge in [-0.05, 0) is 25.3 Å². The van der Waals surface area contributed by atoms with Gasteiger partial charge in [0.25, 0.3) is 0 Å². The fourth-order valence-electron chi connectivity index (χ4n) is 0.854. The van der Waals surface area contributed by atoms with Gasteiger partial charge in [0.05, 0.1) is 0 Å². The molecule has 1 aliphatic carbocycles. The fourth-order valence-corrected chi connectivity index (χ4v) is 0.854. The van der Waals surface area contributed by atoms with Crippen LogP contribution in [0, 0.1) is 24.3 Å². The SMILES string of the molecule is C#CC1CC=[C]CC1. The van der Waals surface area contributed by atoms with Gasteiger partial charge < -0.3 is 0 Å². The second-order valence-corrected chi connectivity index (χ2v) is 2.05. The highest BCUT2D eigenvalue weighted by Gasteiger charge is 2.04. The lowest BCUT2D eigenvalue weighted by Gasteiger charge is -2.08. The van der Waals surface area contributed by atoms with Crippen LogP contribution < -0.4 is 0 Å². The number of rotatable bonds is 0. The standard InChI is InChI=1S/C8H9/c1-2-8-6-4-3-5-7-8/h1,4,8H,5-7H2. The first-order valence-electron chi connectivity index (χ1n) is 2.94. The average molecular weight is 105 g/mol. The minimum atomic E-state index is 0.497. The smallest absolute Gasteiger partial charge is 0.0238 e. The van der Waals surface area contributed by atoms with Crippen LogP contribution in [-0.4, -0.2) is 0 Å². The van der Waals surface area contributed by atoms with Gasteiger partial charge in [0, 0.05) is 5.92 Å². The first-order chi connectivity index (χ1) is 3.93. The van der Waals surface area contributed by atoms with E-state index in [2.05, 4.69) is 12.0 Å². The van der Waals surface area contributed by atoms with Crippen molar-refractivity contribution in [2.45, 2.75) is 19.3 Å². The third kappa shape index (κ3) is 1.13. The van der Waals surface area contributed by atoms with E-state index in [1.165, 1.54) is 0 Å². The molecule has 1 rings (SSSR count). The number of terminal acetylenes is 1. The maximum atomic E-state index is 5.21. The Morgan fingerprint density at radius 3 is 3.00 bits per heavy atom. The molecule has 0 saturated carbocycles. The summed E-state index contributed by atoms with van der Waals surface area (Å²) in [6.07, 6.45) is 13.6. The molecule has 0 heteroatoms. The number of hydrogen-bond donors (Lipinski definition) is 0. The highest BCUT2D eigenvalue weighted by Crippen LogP contribution is 2.15. The molecular weight excluding hydrogens is 96.1 g/mol. The Balaban J connectivity index is 2.41. The highest BCUT2D eigenvalue weighted by molar-refractivity contribution is 4.99. The summed E-state index contributed by atoms with van der Waals surface area (Å²) in [6.45, 7) is 0. The number of allylic oxidation sites excluding steroid dienone is 2. The summed E-state index contributed by atoms with van der Waals surface area (Å²) in [6, 6.07) is 0. The molecule has 8 heavy (non-hydrogen) atoms.